The Morgan fingerprint density at radius 2 is 1.88 bits per heavy atom. The van der Waals surface area contributed by atoms with Gasteiger partial charge in [-0.2, -0.15) is 5.10 Å². The van der Waals surface area contributed by atoms with Crippen molar-refractivity contribution in [2.75, 3.05) is 14.1 Å². The minimum atomic E-state index is -0.143. The molecule has 26 heavy (non-hydrogen) atoms. The minimum absolute atomic E-state index is 0.0679. The van der Waals surface area contributed by atoms with Crippen molar-refractivity contribution in [3.05, 3.63) is 78.4 Å². The van der Waals surface area contributed by atoms with Gasteiger partial charge in [0.05, 0.1) is 29.7 Å². The first kappa shape index (κ1) is 17.8. The Balaban J connectivity index is 1.74. The average molecular weight is 349 g/mol. The van der Waals surface area contributed by atoms with Gasteiger partial charge in [0.15, 0.2) is 0 Å². The van der Waals surface area contributed by atoms with Gasteiger partial charge in [-0.1, -0.05) is 30.3 Å². The summed E-state index contributed by atoms with van der Waals surface area (Å²) in [7, 11) is 4.03. The van der Waals surface area contributed by atoms with Crippen LogP contribution in [0.5, 0.6) is 0 Å². The zero-order chi connectivity index (χ0) is 18.5. The van der Waals surface area contributed by atoms with E-state index in [2.05, 4.69) is 32.4 Å². The molecule has 0 aliphatic rings. The third-order valence-electron chi connectivity index (χ3n) is 4.29. The molecule has 0 fully saturated rings. The van der Waals surface area contributed by atoms with Crippen molar-refractivity contribution in [1.82, 2.24) is 25.0 Å². The van der Waals surface area contributed by atoms with Crippen molar-refractivity contribution >= 4 is 5.91 Å². The molecule has 2 atom stereocenters. The molecule has 0 bridgehead atoms. The van der Waals surface area contributed by atoms with Crippen LogP contribution in [-0.4, -0.2) is 45.7 Å². The molecule has 3 rings (SSSR count). The molecule has 0 unspecified atom stereocenters. The maximum atomic E-state index is 12.7. The molecule has 0 saturated carbocycles. The van der Waals surface area contributed by atoms with Gasteiger partial charge in [-0.05, 0) is 38.7 Å². The molecular formula is C20H23N5O. The van der Waals surface area contributed by atoms with Crippen LogP contribution in [0.15, 0.2) is 67.3 Å². The molecule has 0 aliphatic carbocycles. The van der Waals surface area contributed by atoms with Gasteiger partial charge in [0, 0.05) is 18.4 Å². The lowest BCUT2D eigenvalue weighted by molar-refractivity contribution is 0.0915. The Morgan fingerprint density at radius 3 is 2.54 bits per heavy atom. The van der Waals surface area contributed by atoms with E-state index in [-0.39, 0.29) is 18.0 Å². The number of rotatable bonds is 6. The minimum Gasteiger partial charge on any atom is -0.348 e. The summed E-state index contributed by atoms with van der Waals surface area (Å²) in [6.07, 6.45) is 6.69. The van der Waals surface area contributed by atoms with Crippen molar-refractivity contribution < 1.29 is 4.79 Å². The Kier molecular flexibility index (Phi) is 5.43. The molecule has 3 aromatic rings. The number of carbonyl (C=O) groups is 1. The van der Waals surface area contributed by atoms with Crippen LogP contribution in [0.25, 0.3) is 5.69 Å². The summed E-state index contributed by atoms with van der Waals surface area (Å²) in [5, 5.41) is 7.35. The van der Waals surface area contributed by atoms with Gasteiger partial charge in [0.1, 0.15) is 0 Å². The zero-order valence-corrected chi connectivity index (χ0v) is 15.2. The first-order chi connectivity index (χ1) is 12.6. The number of nitrogens with one attached hydrogen (secondary N) is 1. The lowest BCUT2D eigenvalue weighted by Crippen LogP contribution is -2.42. The van der Waals surface area contributed by atoms with Crippen molar-refractivity contribution in [3.8, 4) is 5.69 Å². The van der Waals surface area contributed by atoms with E-state index in [0.29, 0.717) is 5.56 Å². The van der Waals surface area contributed by atoms with E-state index in [0.717, 1.165) is 11.3 Å². The van der Waals surface area contributed by atoms with E-state index >= 15 is 0 Å². The second-order valence-corrected chi connectivity index (χ2v) is 6.47. The highest BCUT2D eigenvalue weighted by atomic mass is 16.1. The fourth-order valence-electron chi connectivity index (χ4n) is 3.12. The van der Waals surface area contributed by atoms with Crippen molar-refractivity contribution in [3.63, 3.8) is 0 Å². The maximum Gasteiger partial charge on any atom is 0.254 e. The number of benzene rings is 1. The molecule has 6 heteroatoms. The Labute approximate surface area is 153 Å². The second kappa shape index (κ2) is 7.93. The summed E-state index contributed by atoms with van der Waals surface area (Å²) in [6.45, 7) is 2.01. The fourth-order valence-corrected chi connectivity index (χ4v) is 3.12. The molecule has 1 N–H and O–H groups in total. The number of likely N-dealkylation sites (N-methyl/N-ethyl adjacent to an activating group) is 1. The number of nitrogens with zero attached hydrogens (tertiary/aromatic N) is 4. The fraction of sp³-hybridized carbons (Fsp3) is 0.250. The summed E-state index contributed by atoms with van der Waals surface area (Å²) in [4.78, 5) is 18.8. The number of hydrogen-bond acceptors (Lipinski definition) is 4. The van der Waals surface area contributed by atoms with Gasteiger partial charge >= 0.3 is 0 Å². The Morgan fingerprint density at radius 1 is 1.12 bits per heavy atom. The van der Waals surface area contributed by atoms with E-state index < -0.39 is 0 Å². The Hall–Kier alpha value is -2.99. The molecule has 134 valence electrons. The highest BCUT2D eigenvalue weighted by Crippen LogP contribution is 2.22. The van der Waals surface area contributed by atoms with Gasteiger partial charge in [0.2, 0.25) is 0 Å². The SMILES string of the molecule is C[C@H](NC(=O)c1cnn(-c2cccnc2)c1)[C@H](c1ccccc1)N(C)C. The Bertz CT molecular complexity index is 845. The van der Waals surface area contributed by atoms with Crippen LogP contribution in [0.2, 0.25) is 0 Å². The van der Waals surface area contributed by atoms with Crippen LogP contribution in [-0.2, 0) is 0 Å². The predicted octanol–water partition coefficient (Wildman–Crippen LogP) is 2.69. The van der Waals surface area contributed by atoms with E-state index in [9.17, 15) is 4.79 Å². The second-order valence-electron chi connectivity index (χ2n) is 6.47. The van der Waals surface area contributed by atoms with Crippen molar-refractivity contribution in [2.24, 2.45) is 0 Å². The summed E-state index contributed by atoms with van der Waals surface area (Å²) < 4.78 is 1.65. The topological polar surface area (TPSA) is 63.1 Å². The van der Waals surface area contributed by atoms with Crippen LogP contribution in [0.3, 0.4) is 0 Å². The number of pyridine rings is 1. The van der Waals surface area contributed by atoms with Crippen LogP contribution >= 0.6 is 0 Å². The van der Waals surface area contributed by atoms with E-state index in [4.69, 9.17) is 0 Å². The predicted molar refractivity (Wildman–Crippen MR) is 101 cm³/mol. The summed E-state index contributed by atoms with van der Waals surface area (Å²) in [5.74, 6) is -0.143. The van der Waals surface area contributed by atoms with Crippen molar-refractivity contribution in [1.29, 1.82) is 0 Å². The zero-order valence-electron chi connectivity index (χ0n) is 15.2. The normalized spacial score (nSPS) is 13.4. The molecule has 2 heterocycles. The number of amides is 1. The third-order valence-corrected chi connectivity index (χ3v) is 4.29. The summed E-state index contributed by atoms with van der Waals surface area (Å²) in [6, 6.07) is 13.9. The molecule has 1 aromatic carbocycles. The first-order valence-corrected chi connectivity index (χ1v) is 8.53. The molecule has 0 saturated heterocycles. The smallest absolute Gasteiger partial charge is 0.254 e. The lowest BCUT2D eigenvalue weighted by Gasteiger charge is -2.31. The number of aromatic nitrogens is 3. The molecule has 6 nitrogen and oxygen atoms in total. The van der Waals surface area contributed by atoms with E-state index in [1.165, 1.54) is 0 Å². The summed E-state index contributed by atoms with van der Waals surface area (Å²) in [5.41, 5.74) is 2.50. The average Bonchev–Trinajstić information content (AvgIpc) is 3.13. The molecular weight excluding hydrogens is 326 g/mol. The molecule has 0 aliphatic heterocycles. The van der Waals surface area contributed by atoms with Crippen molar-refractivity contribution in [2.45, 2.75) is 19.0 Å². The number of carbonyl (C=O) groups excluding carboxylic acids is 1. The summed E-state index contributed by atoms with van der Waals surface area (Å²) >= 11 is 0. The van der Waals surface area contributed by atoms with Gasteiger partial charge in [-0.25, -0.2) is 4.68 Å². The van der Waals surface area contributed by atoms with Gasteiger partial charge in [-0.3, -0.25) is 9.78 Å². The third kappa shape index (κ3) is 3.97. The quantitative estimate of drug-likeness (QED) is 0.743. The lowest BCUT2D eigenvalue weighted by atomic mass is 9.99. The van der Waals surface area contributed by atoms with Crippen LogP contribution in [0, 0.1) is 0 Å². The molecule has 0 radical (unpaired) electrons. The van der Waals surface area contributed by atoms with Crippen LogP contribution < -0.4 is 5.32 Å². The van der Waals surface area contributed by atoms with Gasteiger partial charge < -0.3 is 10.2 Å². The number of hydrogen-bond donors (Lipinski definition) is 1. The molecule has 2 aromatic heterocycles. The van der Waals surface area contributed by atoms with Crippen LogP contribution in [0.1, 0.15) is 28.9 Å². The van der Waals surface area contributed by atoms with E-state index in [1.54, 1.807) is 29.5 Å². The standard InChI is InChI=1S/C20H23N5O/c1-15(19(24(2)3)16-8-5-4-6-9-16)23-20(26)17-12-22-25(14-17)18-10-7-11-21-13-18/h4-15,19H,1-3H3,(H,23,26)/t15-,19+/m0/s1. The monoisotopic (exact) mass is 349 g/mol. The largest absolute Gasteiger partial charge is 0.348 e. The highest BCUT2D eigenvalue weighted by Gasteiger charge is 2.23. The first-order valence-electron chi connectivity index (χ1n) is 8.53. The van der Waals surface area contributed by atoms with E-state index in [1.807, 2.05) is 51.4 Å². The highest BCUT2D eigenvalue weighted by molar-refractivity contribution is 5.94. The van der Waals surface area contributed by atoms with Gasteiger partial charge in [-0.15, -0.1) is 0 Å². The van der Waals surface area contributed by atoms with Crippen LogP contribution in [0.4, 0.5) is 0 Å². The maximum absolute atomic E-state index is 12.7. The molecule has 1 amide bonds. The molecule has 0 spiro atoms. The van der Waals surface area contributed by atoms with Gasteiger partial charge in [0.25, 0.3) is 5.91 Å².